The summed E-state index contributed by atoms with van der Waals surface area (Å²) in [5.41, 5.74) is -0.205. The normalized spacial score (nSPS) is 26.3. The molecule has 0 bridgehead atoms. The highest BCUT2D eigenvalue weighted by atomic mass is 16.2. The van der Waals surface area contributed by atoms with E-state index in [1.165, 1.54) is 12.8 Å². The van der Waals surface area contributed by atoms with E-state index in [1.54, 1.807) is 0 Å². The van der Waals surface area contributed by atoms with Crippen LogP contribution in [0.5, 0.6) is 0 Å². The van der Waals surface area contributed by atoms with Gasteiger partial charge < -0.3 is 9.80 Å². The highest BCUT2D eigenvalue weighted by molar-refractivity contribution is 5.89. The fourth-order valence-electron chi connectivity index (χ4n) is 3.37. The molecule has 0 aromatic carbocycles. The summed E-state index contributed by atoms with van der Waals surface area (Å²) in [4.78, 5) is 17.0. The van der Waals surface area contributed by atoms with Crippen LogP contribution in [0, 0.1) is 0 Å². The van der Waals surface area contributed by atoms with Crippen LogP contribution in [0.15, 0.2) is 0 Å². The summed E-state index contributed by atoms with van der Waals surface area (Å²) >= 11 is 0. The van der Waals surface area contributed by atoms with E-state index in [-0.39, 0.29) is 11.7 Å². The van der Waals surface area contributed by atoms with E-state index in [2.05, 4.69) is 42.9 Å². The molecule has 1 unspecified atom stereocenters. The van der Waals surface area contributed by atoms with E-state index < -0.39 is 0 Å². The van der Waals surface area contributed by atoms with Crippen LogP contribution in [-0.2, 0) is 4.79 Å². The lowest BCUT2D eigenvalue weighted by molar-refractivity contribution is -0.133. The van der Waals surface area contributed by atoms with E-state index in [1.807, 2.05) is 0 Å². The van der Waals surface area contributed by atoms with Crippen molar-refractivity contribution in [2.45, 2.75) is 70.6 Å². The predicted molar refractivity (Wildman–Crippen MR) is 77.9 cm³/mol. The van der Waals surface area contributed by atoms with Gasteiger partial charge in [0.15, 0.2) is 0 Å². The zero-order valence-corrected chi connectivity index (χ0v) is 12.9. The Morgan fingerprint density at radius 3 is 2.63 bits per heavy atom. The van der Waals surface area contributed by atoms with Crippen LogP contribution in [0.2, 0.25) is 0 Å². The van der Waals surface area contributed by atoms with Crippen molar-refractivity contribution in [3.05, 3.63) is 0 Å². The second-order valence-corrected chi connectivity index (χ2v) is 6.54. The number of rotatable bonds is 5. The van der Waals surface area contributed by atoms with Gasteiger partial charge in [-0.3, -0.25) is 10.1 Å². The second kappa shape index (κ2) is 5.80. The molecular weight excluding hydrogens is 238 g/mol. The molecule has 2 rings (SSSR count). The quantitative estimate of drug-likeness (QED) is 0.825. The van der Waals surface area contributed by atoms with Gasteiger partial charge in [-0.15, -0.1) is 0 Å². The number of hydrogen-bond donors (Lipinski definition) is 1. The maximum Gasteiger partial charge on any atom is 0.244 e. The maximum atomic E-state index is 12.6. The van der Waals surface area contributed by atoms with Crippen molar-refractivity contribution >= 4 is 5.91 Å². The molecule has 1 spiro atoms. The van der Waals surface area contributed by atoms with Crippen molar-refractivity contribution in [3.8, 4) is 0 Å². The van der Waals surface area contributed by atoms with Gasteiger partial charge in [-0.1, -0.05) is 12.8 Å². The molecule has 2 fully saturated rings. The molecule has 0 aromatic rings. The molecule has 1 heterocycles. The highest BCUT2D eigenvalue weighted by Gasteiger charge is 2.50. The molecule has 2 aliphatic rings. The molecule has 0 aromatic heterocycles. The van der Waals surface area contributed by atoms with E-state index >= 15 is 0 Å². The Morgan fingerprint density at radius 1 is 1.42 bits per heavy atom. The molecule has 1 atom stereocenters. The van der Waals surface area contributed by atoms with Gasteiger partial charge in [0.25, 0.3) is 0 Å². The van der Waals surface area contributed by atoms with E-state index in [0.717, 1.165) is 32.4 Å². The molecule has 1 aliphatic heterocycles. The standard InChI is InChI=1S/C15H29N3O/c1-12(2)17(4)10-7-11-18-13(3)16-15(14(18)19)8-5-6-9-15/h12-13,16H,5-11H2,1-4H3. The van der Waals surface area contributed by atoms with Crippen LogP contribution in [0.4, 0.5) is 0 Å². The second-order valence-electron chi connectivity index (χ2n) is 6.54. The zero-order chi connectivity index (χ0) is 14.0. The van der Waals surface area contributed by atoms with E-state index in [0.29, 0.717) is 11.9 Å². The smallest absolute Gasteiger partial charge is 0.244 e. The largest absolute Gasteiger partial charge is 0.326 e. The van der Waals surface area contributed by atoms with Crippen molar-refractivity contribution in [3.63, 3.8) is 0 Å². The van der Waals surface area contributed by atoms with Gasteiger partial charge in [0.05, 0.1) is 11.7 Å². The number of carbonyl (C=O) groups excluding carboxylic acids is 1. The summed E-state index contributed by atoms with van der Waals surface area (Å²) in [7, 11) is 2.15. The Bertz CT molecular complexity index is 323. The minimum absolute atomic E-state index is 0.204. The van der Waals surface area contributed by atoms with Gasteiger partial charge in [0, 0.05) is 12.6 Å². The average molecular weight is 267 g/mol. The fourth-order valence-corrected chi connectivity index (χ4v) is 3.37. The third-order valence-electron chi connectivity index (χ3n) is 4.87. The Morgan fingerprint density at radius 2 is 2.05 bits per heavy atom. The molecule has 1 aliphatic carbocycles. The van der Waals surface area contributed by atoms with Gasteiger partial charge in [-0.25, -0.2) is 0 Å². The Kier molecular flexibility index (Phi) is 4.51. The lowest BCUT2D eigenvalue weighted by Crippen LogP contribution is -2.44. The molecule has 1 saturated carbocycles. The maximum absolute atomic E-state index is 12.6. The lowest BCUT2D eigenvalue weighted by Gasteiger charge is -2.25. The summed E-state index contributed by atoms with van der Waals surface area (Å²) in [5.74, 6) is 0.352. The molecule has 0 radical (unpaired) electrons. The van der Waals surface area contributed by atoms with Gasteiger partial charge in [-0.2, -0.15) is 0 Å². The fraction of sp³-hybridized carbons (Fsp3) is 0.933. The molecule has 1 saturated heterocycles. The van der Waals surface area contributed by atoms with Crippen LogP contribution >= 0.6 is 0 Å². The minimum atomic E-state index is -0.205. The average Bonchev–Trinajstić information content (AvgIpc) is 2.90. The highest BCUT2D eigenvalue weighted by Crippen LogP contribution is 2.36. The van der Waals surface area contributed by atoms with E-state index in [4.69, 9.17) is 0 Å². The number of hydrogen-bond acceptors (Lipinski definition) is 3. The van der Waals surface area contributed by atoms with Crippen molar-refractivity contribution in [2.75, 3.05) is 20.1 Å². The lowest BCUT2D eigenvalue weighted by atomic mass is 9.98. The number of nitrogens with one attached hydrogen (secondary N) is 1. The zero-order valence-electron chi connectivity index (χ0n) is 12.9. The van der Waals surface area contributed by atoms with Crippen molar-refractivity contribution in [1.82, 2.24) is 15.1 Å². The monoisotopic (exact) mass is 267 g/mol. The third-order valence-corrected chi connectivity index (χ3v) is 4.87. The van der Waals surface area contributed by atoms with Gasteiger partial charge in [0.1, 0.15) is 0 Å². The van der Waals surface area contributed by atoms with Crippen molar-refractivity contribution in [2.24, 2.45) is 0 Å². The van der Waals surface area contributed by atoms with Gasteiger partial charge >= 0.3 is 0 Å². The van der Waals surface area contributed by atoms with Crippen LogP contribution in [0.1, 0.15) is 52.9 Å². The first-order valence-electron chi connectivity index (χ1n) is 7.75. The first-order chi connectivity index (χ1) is 8.96. The molecule has 1 N–H and O–H groups in total. The van der Waals surface area contributed by atoms with Crippen molar-refractivity contribution < 1.29 is 4.79 Å². The summed E-state index contributed by atoms with van der Waals surface area (Å²) < 4.78 is 0. The summed E-state index contributed by atoms with van der Waals surface area (Å²) in [6.45, 7) is 8.47. The topological polar surface area (TPSA) is 35.6 Å². The number of nitrogens with zero attached hydrogens (tertiary/aromatic N) is 2. The van der Waals surface area contributed by atoms with Crippen LogP contribution in [0.3, 0.4) is 0 Å². The van der Waals surface area contributed by atoms with Gasteiger partial charge in [-0.05, 0) is 53.6 Å². The molecular formula is C15H29N3O. The molecule has 19 heavy (non-hydrogen) atoms. The predicted octanol–water partition coefficient (Wildman–Crippen LogP) is 1.81. The van der Waals surface area contributed by atoms with Crippen molar-refractivity contribution in [1.29, 1.82) is 0 Å². The first-order valence-corrected chi connectivity index (χ1v) is 7.75. The Balaban J connectivity index is 1.85. The number of carbonyl (C=O) groups is 1. The minimum Gasteiger partial charge on any atom is -0.326 e. The summed E-state index contributed by atoms with van der Waals surface area (Å²) in [5, 5.41) is 3.55. The third kappa shape index (κ3) is 2.95. The summed E-state index contributed by atoms with van der Waals surface area (Å²) in [6, 6.07) is 0.575. The molecule has 4 nitrogen and oxygen atoms in total. The Labute approximate surface area is 117 Å². The van der Waals surface area contributed by atoms with Crippen LogP contribution < -0.4 is 5.32 Å². The summed E-state index contributed by atoms with van der Waals surface area (Å²) in [6.07, 6.45) is 5.69. The van der Waals surface area contributed by atoms with E-state index in [9.17, 15) is 4.79 Å². The SMILES string of the molecule is CC(C)N(C)CCCN1C(=O)C2(CCCC2)NC1C. The van der Waals surface area contributed by atoms with Gasteiger partial charge in [0.2, 0.25) is 5.91 Å². The van der Waals surface area contributed by atoms with Crippen LogP contribution in [0.25, 0.3) is 0 Å². The molecule has 110 valence electrons. The molecule has 4 heteroatoms. The molecule has 1 amide bonds. The Hall–Kier alpha value is -0.610. The van der Waals surface area contributed by atoms with Crippen LogP contribution in [-0.4, -0.2) is 53.6 Å². The number of amides is 1. The first kappa shape index (κ1) is 14.8.